The molecule has 2 N–H and O–H groups in total. The SMILES string of the molecule is Cc1cc(OC2CC3CCC2(C)C3(C)C)ncc1N. The lowest BCUT2D eigenvalue weighted by Gasteiger charge is -2.38. The number of nitrogen functional groups attached to an aromatic ring is 1. The minimum atomic E-state index is 0.272. The third-order valence-electron chi connectivity index (χ3n) is 6.10. The van der Waals surface area contributed by atoms with E-state index in [9.17, 15) is 0 Å². The molecule has 104 valence electrons. The van der Waals surface area contributed by atoms with Gasteiger partial charge >= 0.3 is 0 Å². The second-order valence-corrected chi connectivity index (χ2v) is 7.10. The zero-order chi connectivity index (χ0) is 13.8. The summed E-state index contributed by atoms with van der Waals surface area (Å²) in [6.45, 7) is 9.18. The standard InChI is InChI=1S/C16H24N2O/c1-10-7-14(18-9-12(10)17)19-13-8-11-5-6-16(13,4)15(11,2)3/h7,9,11,13H,5-6,8,17H2,1-4H3. The molecule has 2 aliphatic rings. The monoisotopic (exact) mass is 260 g/mol. The van der Waals surface area contributed by atoms with Gasteiger partial charge in [-0.15, -0.1) is 0 Å². The Labute approximate surface area is 115 Å². The zero-order valence-electron chi connectivity index (χ0n) is 12.4. The van der Waals surface area contributed by atoms with Gasteiger partial charge < -0.3 is 10.5 Å². The van der Waals surface area contributed by atoms with E-state index in [-0.39, 0.29) is 11.5 Å². The topological polar surface area (TPSA) is 48.1 Å². The summed E-state index contributed by atoms with van der Waals surface area (Å²) in [4.78, 5) is 4.32. The molecule has 3 atom stereocenters. The molecule has 0 aliphatic heterocycles. The zero-order valence-corrected chi connectivity index (χ0v) is 12.4. The Bertz CT molecular complexity index is 511. The van der Waals surface area contributed by atoms with Crippen LogP contribution in [0.4, 0.5) is 5.69 Å². The second kappa shape index (κ2) is 3.87. The van der Waals surface area contributed by atoms with Crippen LogP contribution in [0, 0.1) is 23.7 Å². The van der Waals surface area contributed by atoms with Crippen LogP contribution in [0.15, 0.2) is 12.3 Å². The van der Waals surface area contributed by atoms with E-state index in [1.54, 1.807) is 6.20 Å². The predicted molar refractivity (Wildman–Crippen MR) is 77.0 cm³/mol. The first-order chi connectivity index (χ1) is 8.84. The molecule has 0 spiro atoms. The van der Waals surface area contributed by atoms with E-state index in [0.29, 0.717) is 5.41 Å². The number of fused-ring (bicyclic) bond motifs is 2. The molecule has 2 saturated carbocycles. The molecule has 3 nitrogen and oxygen atoms in total. The number of nitrogens with zero attached hydrogens (tertiary/aromatic N) is 1. The molecule has 3 rings (SSSR count). The Morgan fingerprint density at radius 1 is 1.37 bits per heavy atom. The van der Waals surface area contributed by atoms with Crippen LogP contribution in [0.25, 0.3) is 0 Å². The van der Waals surface area contributed by atoms with Crippen LogP contribution >= 0.6 is 0 Å². The fourth-order valence-electron chi connectivity index (χ4n) is 4.06. The lowest BCUT2D eigenvalue weighted by Crippen LogP contribution is -2.39. The van der Waals surface area contributed by atoms with Gasteiger partial charge in [0.1, 0.15) is 6.10 Å². The summed E-state index contributed by atoms with van der Waals surface area (Å²) in [7, 11) is 0. The smallest absolute Gasteiger partial charge is 0.213 e. The third-order valence-corrected chi connectivity index (χ3v) is 6.10. The Kier molecular flexibility index (Phi) is 2.60. The normalized spacial score (nSPS) is 35.6. The van der Waals surface area contributed by atoms with Crippen molar-refractivity contribution in [2.75, 3.05) is 5.73 Å². The number of hydrogen-bond acceptors (Lipinski definition) is 3. The van der Waals surface area contributed by atoms with Gasteiger partial charge in [-0.2, -0.15) is 0 Å². The number of nitrogens with two attached hydrogens (primary N) is 1. The molecule has 0 aromatic carbocycles. The van der Waals surface area contributed by atoms with Crippen LogP contribution in [0.5, 0.6) is 5.88 Å². The van der Waals surface area contributed by atoms with Crippen molar-refractivity contribution in [3.05, 3.63) is 17.8 Å². The van der Waals surface area contributed by atoms with E-state index in [1.165, 1.54) is 12.8 Å². The molecular formula is C16H24N2O. The molecule has 0 saturated heterocycles. The molecule has 2 fully saturated rings. The van der Waals surface area contributed by atoms with Crippen LogP contribution in [0.2, 0.25) is 0 Å². The van der Waals surface area contributed by atoms with Gasteiger partial charge in [0, 0.05) is 11.5 Å². The largest absolute Gasteiger partial charge is 0.474 e. The summed E-state index contributed by atoms with van der Waals surface area (Å²) in [5.74, 6) is 1.51. The van der Waals surface area contributed by atoms with E-state index in [2.05, 4.69) is 25.8 Å². The van der Waals surface area contributed by atoms with Gasteiger partial charge in [-0.3, -0.25) is 0 Å². The lowest BCUT2D eigenvalue weighted by atomic mass is 9.70. The average Bonchev–Trinajstić information content (AvgIpc) is 2.67. The number of aromatic nitrogens is 1. The van der Waals surface area contributed by atoms with Gasteiger partial charge in [-0.1, -0.05) is 20.8 Å². The molecule has 2 bridgehead atoms. The molecule has 0 radical (unpaired) electrons. The minimum Gasteiger partial charge on any atom is -0.474 e. The van der Waals surface area contributed by atoms with Crippen molar-refractivity contribution < 1.29 is 4.74 Å². The highest BCUT2D eigenvalue weighted by molar-refractivity contribution is 5.45. The Balaban J connectivity index is 1.84. The van der Waals surface area contributed by atoms with E-state index in [0.717, 1.165) is 29.5 Å². The van der Waals surface area contributed by atoms with Crippen LogP contribution in [-0.4, -0.2) is 11.1 Å². The Hall–Kier alpha value is -1.25. The van der Waals surface area contributed by atoms with E-state index >= 15 is 0 Å². The van der Waals surface area contributed by atoms with Crippen molar-refractivity contribution >= 4 is 5.69 Å². The molecule has 0 amide bonds. The van der Waals surface area contributed by atoms with Crippen molar-refractivity contribution in [1.29, 1.82) is 0 Å². The van der Waals surface area contributed by atoms with Gasteiger partial charge in [0.05, 0.1) is 11.9 Å². The van der Waals surface area contributed by atoms with Gasteiger partial charge in [0.2, 0.25) is 5.88 Å². The summed E-state index contributed by atoms with van der Waals surface area (Å²) in [6.07, 6.45) is 5.76. The highest BCUT2D eigenvalue weighted by Gasteiger charge is 2.62. The van der Waals surface area contributed by atoms with Crippen LogP contribution < -0.4 is 10.5 Å². The summed E-state index contributed by atoms with van der Waals surface area (Å²) in [5, 5.41) is 0. The summed E-state index contributed by atoms with van der Waals surface area (Å²) in [6, 6.07) is 1.96. The molecule has 1 aromatic heterocycles. The quantitative estimate of drug-likeness (QED) is 0.884. The van der Waals surface area contributed by atoms with Crippen LogP contribution in [0.3, 0.4) is 0 Å². The van der Waals surface area contributed by atoms with E-state index in [1.807, 2.05) is 13.0 Å². The van der Waals surface area contributed by atoms with E-state index < -0.39 is 0 Å². The van der Waals surface area contributed by atoms with Crippen molar-refractivity contribution in [2.45, 2.75) is 53.1 Å². The molecule has 2 aliphatic carbocycles. The van der Waals surface area contributed by atoms with Gasteiger partial charge in [0.15, 0.2) is 0 Å². The maximum atomic E-state index is 6.22. The fourth-order valence-corrected chi connectivity index (χ4v) is 4.06. The average molecular weight is 260 g/mol. The summed E-state index contributed by atoms with van der Waals surface area (Å²) >= 11 is 0. The summed E-state index contributed by atoms with van der Waals surface area (Å²) < 4.78 is 6.22. The molecule has 3 heteroatoms. The number of rotatable bonds is 2. The molecule has 1 aromatic rings. The van der Waals surface area contributed by atoms with Crippen molar-refractivity contribution in [2.24, 2.45) is 16.7 Å². The highest BCUT2D eigenvalue weighted by atomic mass is 16.5. The fraction of sp³-hybridized carbons (Fsp3) is 0.688. The van der Waals surface area contributed by atoms with Crippen molar-refractivity contribution in [1.82, 2.24) is 4.98 Å². The Morgan fingerprint density at radius 2 is 2.11 bits per heavy atom. The third kappa shape index (κ3) is 1.67. The number of ether oxygens (including phenoxy) is 1. The number of aryl methyl sites for hydroxylation is 1. The predicted octanol–water partition coefficient (Wildman–Crippen LogP) is 3.57. The Morgan fingerprint density at radius 3 is 2.63 bits per heavy atom. The number of hydrogen-bond donors (Lipinski definition) is 1. The molecule has 3 unspecified atom stereocenters. The van der Waals surface area contributed by atoms with E-state index in [4.69, 9.17) is 10.5 Å². The van der Waals surface area contributed by atoms with Gasteiger partial charge in [-0.25, -0.2) is 4.98 Å². The van der Waals surface area contributed by atoms with Crippen LogP contribution in [-0.2, 0) is 0 Å². The van der Waals surface area contributed by atoms with Gasteiger partial charge in [0.25, 0.3) is 0 Å². The second-order valence-electron chi connectivity index (χ2n) is 7.10. The minimum absolute atomic E-state index is 0.272. The first-order valence-electron chi connectivity index (χ1n) is 7.23. The first-order valence-corrected chi connectivity index (χ1v) is 7.23. The summed E-state index contributed by atoms with van der Waals surface area (Å²) in [5.41, 5.74) is 8.22. The highest BCUT2D eigenvalue weighted by Crippen LogP contribution is 2.66. The molecule has 19 heavy (non-hydrogen) atoms. The lowest BCUT2D eigenvalue weighted by molar-refractivity contribution is 0.0273. The van der Waals surface area contributed by atoms with Crippen molar-refractivity contribution in [3.63, 3.8) is 0 Å². The maximum Gasteiger partial charge on any atom is 0.213 e. The molecular weight excluding hydrogens is 236 g/mol. The van der Waals surface area contributed by atoms with Gasteiger partial charge in [-0.05, 0) is 43.1 Å². The number of pyridine rings is 1. The number of anilines is 1. The maximum absolute atomic E-state index is 6.22. The first kappa shape index (κ1) is 12.8. The van der Waals surface area contributed by atoms with Crippen LogP contribution in [0.1, 0.15) is 45.6 Å². The van der Waals surface area contributed by atoms with Crippen molar-refractivity contribution in [3.8, 4) is 5.88 Å². The molecule has 1 heterocycles.